The summed E-state index contributed by atoms with van der Waals surface area (Å²) in [4.78, 5) is 0. The van der Waals surface area contributed by atoms with Gasteiger partial charge in [-0.25, -0.2) is 0 Å². The SMILES string of the molecule is CCCCCc1ccc(COC2CCC(/C=C/C=C/C#N)CC2)cc1. The fourth-order valence-electron chi connectivity index (χ4n) is 3.36. The Bertz CT molecular complexity index is 571. The van der Waals surface area contributed by atoms with Crippen molar-refractivity contribution in [1.82, 2.24) is 0 Å². The summed E-state index contributed by atoms with van der Waals surface area (Å²) in [5.74, 6) is 0.630. The molecule has 0 N–H and O–H groups in total. The monoisotopic (exact) mass is 337 g/mol. The predicted octanol–water partition coefficient (Wildman–Crippen LogP) is 6.13. The van der Waals surface area contributed by atoms with Gasteiger partial charge in [0.15, 0.2) is 0 Å². The molecule has 134 valence electrons. The molecule has 2 nitrogen and oxygen atoms in total. The van der Waals surface area contributed by atoms with Crippen LogP contribution in [0.1, 0.15) is 63.0 Å². The highest BCUT2D eigenvalue weighted by molar-refractivity contribution is 5.22. The molecule has 1 aliphatic rings. The Morgan fingerprint density at radius 1 is 1.04 bits per heavy atom. The van der Waals surface area contributed by atoms with E-state index < -0.39 is 0 Å². The molecule has 0 spiro atoms. The van der Waals surface area contributed by atoms with Crippen molar-refractivity contribution >= 4 is 0 Å². The van der Waals surface area contributed by atoms with Crippen molar-refractivity contribution in [2.45, 2.75) is 71.0 Å². The maximum absolute atomic E-state index is 8.47. The molecule has 1 fully saturated rings. The first kappa shape index (κ1) is 19.5. The third-order valence-electron chi connectivity index (χ3n) is 4.96. The number of hydrogen-bond donors (Lipinski definition) is 0. The van der Waals surface area contributed by atoms with Gasteiger partial charge >= 0.3 is 0 Å². The predicted molar refractivity (Wildman–Crippen MR) is 104 cm³/mol. The molecule has 0 bridgehead atoms. The van der Waals surface area contributed by atoms with Crippen LogP contribution in [0.5, 0.6) is 0 Å². The molecule has 0 aliphatic heterocycles. The third-order valence-corrected chi connectivity index (χ3v) is 4.96. The first-order valence-electron chi connectivity index (χ1n) is 9.74. The summed E-state index contributed by atoms with van der Waals surface area (Å²) in [6.07, 6.45) is 17.6. The van der Waals surface area contributed by atoms with E-state index in [1.54, 1.807) is 0 Å². The lowest BCUT2D eigenvalue weighted by molar-refractivity contribution is 0.0110. The number of allylic oxidation sites excluding steroid dienone is 4. The summed E-state index contributed by atoms with van der Waals surface area (Å²) >= 11 is 0. The van der Waals surface area contributed by atoms with Gasteiger partial charge in [-0.05, 0) is 55.6 Å². The maximum atomic E-state index is 8.47. The van der Waals surface area contributed by atoms with Gasteiger partial charge in [-0.3, -0.25) is 0 Å². The summed E-state index contributed by atoms with van der Waals surface area (Å²) in [6, 6.07) is 11.0. The van der Waals surface area contributed by atoms with E-state index in [1.807, 2.05) is 18.2 Å². The number of benzene rings is 1. The van der Waals surface area contributed by atoms with Crippen LogP contribution in [0, 0.1) is 17.2 Å². The van der Waals surface area contributed by atoms with Crippen molar-refractivity contribution in [3.05, 3.63) is 59.7 Å². The highest BCUT2D eigenvalue weighted by Crippen LogP contribution is 2.27. The first-order chi connectivity index (χ1) is 12.3. The highest BCUT2D eigenvalue weighted by atomic mass is 16.5. The van der Waals surface area contributed by atoms with E-state index >= 15 is 0 Å². The van der Waals surface area contributed by atoms with Gasteiger partial charge in [-0.2, -0.15) is 5.26 Å². The molecule has 1 aliphatic carbocycles. The molecule has 1 aromatic carbocycles. The van der Waals surface area contributed by atoms with E-state index in [9.17, 15) is 0 Å². The molecule has 0 unspecified atom stereocenters. The van der Waals surface area contributed by atoms with Gasteiger partial charge in [0, 0.05) is 6.08 Å². The Morgan fingerprint density at radius 3 is 2.44 bits per heavy atom. The van der Waals surface area contributed by atoms with E-state index in [-0.39, 0.29) is 0 Å². The van der Waals surface area contributed by atoms with Crippen LogP contribution in [0.25, 0.3) is 0 Å². The normalized spacial score (nSPS) is 21.0. The van der Waals surface area contributed by atoms with E-state index in [4.69, 9.17) is 10.00 Å². The van der Waals surface area contributed by atoms with Crippen LogP contribution in [0.2, 0.25) is 0 Å². The Morgan fingerprint density at radius 2 is 1.76 bits per heavy atom. The molecular formula is C23H31NO. The van der Waals surface area contributed by atoms with Crippen molar-refractivity contribution in [1.29, 1.82) is 5.26 Å². The molecule has 2 rings (SSSR count). The zero-order valence-corrected chi connectivity index (χ0v) is 15.5. The summed E-state index contributed by atoms with van der Waals surface area (Å²) < 4.78 is 6.12. The Kier molecular flexibility index (Phi) is 9.08. The van der Waals surface area contributed by atoms with Crippen molar-refractivity contribution in [3.8, 4) is 6.07 Å². The molecular weight excluding hydrogens is 306 g/mol. The van der Waals surface area contributed by atoms with Gasteiger partial charge in [0.2, 0.25) is 0 Å². The lowest BCUT2D eigenvalue weighted by Gasteiger charge is -2.26. The van der Waals surface area contributed by atoms with Crippen LogP contribution >= 0.6 is 0 Å². The van der Waals surface area contributed by atoms with Crippen LogP contribution in [0.3, 0.4) is 0 Å². The molecule has 0 radical (unpaired) electrons. The van der Waals surface area contributed by atoms with Crippen molar-refractivity contribution < 1.29 is 4.74 Å². The Hall–Kier alpha value is -1.85. The number of ether oxygens (including phenoxy) is 1. The van der Waals surface area contributed by atoms with Gasteiger partial charge in [0.1, 0.15) is 0 Å². The number of hydrogen-bond acceptors (Lipinski definition) is 2. The van der Waals surface area contributed by atoms with Gasteiger partial charge in [-0.15, -0.1) is 0 Å². The summed E-state index contributed by atoms with van der Waals surface area (Å²) in [7, 11) is 0. The third kappa shape index (κ3) is 7.71. The quantitative estimate of drug-likeness (QED) is 0.308. The molecule has 0 heterocycles. The molecule has 0 aromatic heterocycles. The minimum atomic E-state index is 0.392. The van der Waals surface area contributed by atoms with Crippen molar-refractivity contribution in [2.75, 3.05) is 0 Å². The maximum Gasteiger partial charge on any atom is 0.0912 e. The average molecular weight is 338 g/mol. The number of aryl methyl sites for hydroxylation is 1. The minimum absolute atomic E-state index is 0.392. The second kappa shape index (κ2) is 11.7. The van der Waals surface area contributed by atoms with E-state index in [0.29, 0.717) is 12.0 Å². The molecule has 0 saturated heterocycles. The zero-order valence-electron chi connectivity index (χ0n) is 15.5. The van der Waals surface area contributed by atoms with Crippen LogP contribution < -0.4 is 0 Å². The topological polar surface area (TPSA) is 33.0 Å². The number of nitriles is 1. The molecule has 25 heavy (non-hydrogen) atoms. The standard InChI is InChI=1S/C23H31NO/c1-2-3-5-8-20-10-12-22(13-11-20)19-25-23-16-14-21(15-17-23)9-6-4-7-18-24/h4,6-7,9-13,21,23H,2-3,5,8,14-17,19H2,1H3/b7-4+,9-6+. The molecule has 1 saturated carbocycles. The second-order valence-corrected chi connectivity index (χ2v) is 6.99. The first-order valence-corrected chi connectivity index (χ1v) is 9.74. The van der Waals surface area contributed by atoms with Crippen LogP contribution in [-0.2, 0) is 17.8 Å². The van der Waals surface area contributed by atoms with Crippen molar-refractivity contribution in [3.63, 3.8) is 0 Å². The largest absolute Gasteiger partial charge is 0.374 e. The average Bonchev–Trinajstić information content (AvgIpc) is 2.66. The second-order valence-electron chi connectivity index (χ2n) is 6.99. The van der Waals surface area contributed by atoms with Gasteiger partial charge in [0.25, 0.3) is 0 Å². The van der Waals surface area contributed by atoms with Gasteiger partial charge < -0.3 is 4.74 Å². The highest BCUT2D eigenvalue weighted by Gasteiger charge is 2.19. The lowest BCUT2D eigenvalue weighted by atomic mass is 9.87. The van der Waals surface area contributed by atoms with E-state index in [1.165, 1.54) is 55.7 Å². The van der Waals surface area contributed by atoms with Gasteiger partial charge in [0.05, 0.1) is 18.8 Å². The molecule has 0 amide bonds. The zero-order chi connectivity index (χ0) is 17.7. The van der Waals surface area contributed by atoms with Crippen LogP contribution in [0.15, 0.2) is 48.6 Å². The molecule has 0 atom stereocenters. The van der Waals surface area contributed by atoms with Crippen LogP contribution in [0.4, 0.5) is 0 Å². The fraction of sp³-hybridized carbons (Fsp3) is 0.522. The van der Waals surface area contributed by atoms with Gasteiger partial charge in [-0.1, -0.05) is 62.3 Å². The van der Waals surface area contributed by atoms with Crippen molar-refractivity contribution in [2.24, 2.45) is 5.92 Å². The number of unbranched alkanes of at least 4 members (excludes halogenated alkanes) is 2. The van der Waals surface area contributed by atoms with Crippen LogP contribution in [-0.4, -0.2) is 6.10 Å². The molecule has 2 heteroatoms. The molecule has 1 aromatic rings. The lowest BCUT2D eigenvalue weighted by Crippen LogP contribution is -2.20. The minimum Gasteiger partial charge on any atom is -0.374 e. The summed E-state index contributed by atoms with van der Waals surface area (Å²) in [5, 5.41) is 8.47. The summed E-state index contributed by atoms with van der Waals surface area (Å²) in [6.45, 7) is 2.97. The summed E-state index contributed by atoms with van der Waals surface area (Å²) in [5.41, 5.74) is 2.72. The van der Waals surface area contributed by atoms with E-state index in [2.05, 4.69) is 37.3 Å². The Labute approximate surface area is 153 Å². The number of nitrogens with zero attached hydrogens (tertiary/aromatic N) is 1. The fourth-order valence-corrected chi connectivity index (χ4v) is 3.36. The number of rotatable bonds is 9. The smallest absolute Gasteiger partial charge is 0.0912 e. The van der Waals surface area contributed by atoms with E-state index in [0.717, 1.165) is 19.4 Å². The Balaban J connectivity index is 1.66.